The van der Waals surface area contributed by atoms with Crippen LogP contribution in [0.5, 0.6) is 0 Å². The Bertz CT molecular complexity index is 1320. The summed E-state index contributed by atoms with van der Waals surface area (Å²) in [5, 5.41) is 0. The number of sulfone groups is 1. The summed E-state index contributed by atoms with van der Waals surface area (Å²) >= 11 is 0. The van der Waals surface area contributed by atoms with E-state index in [2.05, 4.69) is 0 Å². The van der Waals surface area contributed by atoms with Crippen molar-refractivity contribution >= 4 is 21.8 Å². The summed E-state index contributed by atoms with van der Waals surface area (Å²) in [4.78, 5) is 24.5. The van der Waals surface area contributed by atoms with Gasteiger partial charge in [-0.2, -0.15) is 0 Å². The Morgan fingerprint density at radius 2 is 1.41 bits per heavy atom. The average molecular weight is 489 g/mol. The van der Waals surface area contributed by atoms with E-state index < -0.39 is 39.2 Å². The second-order valence-electron chi connectivity index (χ2n) is 7.23. The van der Waals surface area contributed by atoms with E-state index in [4.69, 9.17) is 9.47 Å². The maximum Gasteiger partial charge on any atom is 0.339 e. The highest BCUT2D eigenvalue weighted by Crippen LogP contribution is 2.26. The average Bonchev–Trinajstić information content (AvgIpc) is 2.79. The van der Waals surface area contributed by atoms with Crippen LogP contribution in [0.3, 0.4) is 0 Å². The number of hydrogen-bond donors (Lipinski definition) is 0. The van der Waals surface area contributed by atoms with Crippen molar-refractivity contribution in [2.45, 2.75) is 24.5 Å². The van der Waals surface area contributed by atoms with Gasteiger partial charge in [-0.05, 0) is 61.4 Å². The van der Waals surface area contributed by atoms with Crippen LogP contribution in [0.15, 0.2) is 65.6 Å². The van der Waals surface area contributed by atoms with Crippen molar-refractivity contribution in [3.63, 3.8) is 0 Å². The number of rotatable bonds is 8. The minimum atomic E-state index is -3.85. The molecule has 0 saturated carbocycles. The lowest BCUT2D eigenvalue weighted by Crippen LogP contribution is -2.15. The highest BCUT2D eigenvalue weighted by Gasteiger charge is 2.22. The number of carbonyl (C=O) groups excluding carboxylic acids is 2. The van der Waals surface area contributed by atoms with Crippen molar-refractivity contribution in [3.05, 3.63) is 89.0 Å². The summed E-state index contributed by atoms with van der Waals surface area (Å²) in [6.07, 6.45) is 0. The Labute approximate surface area is 196 Å². The highest BCUT2D eigenvalue weighted by molar-refractivity contribution is 7.90. The zero-order valence-corrected chi connectivity index (χ0v) is 19.3. The van der Waals surface area contributed by atoms with Crippen molar-refractivity contribution in [3.8, 4) is 11.1 Å². The molecule has 0 saturated heterocycles. The quantitative estimate of drug-likeness (QED) is 0.417. The van der Waals surface area contributed by atoms with Gasteiger partial charge < -0.3 is 9.47 Å². The van der Waals surface area contributed by atoms with Crippen LogP contribution < -0.4 is 0 Å². The lowest BCUT2D eigenvalue weighted by Gasteiger charge is -2.11. The summed E-state index contributed by atoms with van der Waals surface area (Å²) in [5.41, 5.74) is 0.686. The number of hydrogen-bond acceptors (Lipinski definition) is 6. The molecular formula is C25H22F2O6S. The fourth-order valence-corrected chi connectivity index (χ4v) is 4.65. The summed E-state index contributed by atoms with van der Waals surface area (Å²) in [7, 11) is -3.85. The Hall–Kier alpha value is -3.59. The molecule has 3 aromatic rings. The third kappa shape index (κ3) is 5.66. The maximum absolute atomic E-state index is 14.0. The van der Waals surface area contributed by atoms with E-state index in [1.54, 1.807) is 13.8 Å². The molecule has 0 unspecified atom stereocenters. The lowest BCUT2D eigenvalue weighted by atomic mass is 10.0. The summed E-state index contributed by atoms with van der Waals surface area (Å²) in [5.74, 6) is -3.41. The minimum Gasteiger partial charge on any atom is -0.462 e. The molecule has 0 aliphatic rings. The van der Waals surface area contributed by atoms with Gasteiger partial charge in [0.15, 0.2) is 9.84 Å². The molecule has 0 atom stereocenters. The van der Waals surface area contributed by atoms with Gasteiger partial charge in [0.05, 0.1) is 35.0 Å². The molecule has 0 fully saturated rings. The molecule has 0 aliphatic carbocycles. The van der Waals surface area contributed by atoms with Crippen molar-refractivity contribution in [1.82, 2.24) is 0 Å². The zero-order chi connectivity index (χ0) is 24.9. The molecule has 178 valence electrons. The molecule has 0 spiro atoms. The number of halogens is 2. The number of benzene rings is 3. The largest absolute Gasteiger partial charge is 0.462 e. The second-order valence-corrected chi connectivity index (χ2v) is 9.22. The van der Waals surface area contributed by atoms with E-state index in [-0.39, 0.29) is 40.4 Å². The SMILES string of the molecule is CCOC(=O)c1ccc(CS(=O)(=O)c2ccc(-c3ccc(F)cc3F)cc2)cc1C(=O)OCC. The van der Waals surface area contributed by atoms with E-state index in [1.165, 1.54) is 48.5 Å². The van der Waals surface area contributed by atoms with Crippen LogP contribution in [-0.2, 0) is 25.1 Å². The zero-order valence-electron chi connectivity index (χ0n) is 18.5. The van der Waals surface area contributed by atoms with E-state index >= 15 is 0 Å². The molecule has 0 heterocycles. The molecule has 0 aromatic heterocycles. The first-order chi connectivity index (χ1) is 16.2. The van der Waals surface area contributed by atoms with Crippen LogP contribution in [0.2, 0.25) is 0 Å². The normalized spacial score (nSPS) is 11.2. The van der Waals surface area contributed by atoms with Crippen molar-refractivity contribution in [1.29, 1.82) is 0 Å². The van der Waals surface area contributed by atoms with E-state index in [0.717, 1.165) is 12.1 Å². The minimum absolute atomic E-state index is 0.0212. The van der Waals surface area contributed by atoms with E-state index in [0.29, 0.717) is 5.56 Å². The second kappa shape index (κ2) is 10.6. The standard InChI is InChI=1S/C25H22F2O6S/c1-3-32-24(28)21-11-5-16(13-22(21)25(29)33-4-2)15-34(30,31)19-9-6-17(7-10-19)20-12-8-18(26)14-23(20)27/h5-14H,3-4,15H2,1-2H3. The predicted molar refractivity (Wildman–Crippen MR) is 121 cm³/mol. The Morgan fingerprint density at radius 1 is 0.794 bits per heavy atom. The Morgan fingerprint density at radius 3 is 2.00 bits per heavy atom. The van der Waals surface area contributed by atoms with Crippen LogP contribution in [0.25, 0.3) is 11.1 Å². The first kappa shape index (κ1) is 25.0. The molecule has 0 aliphatic heterocycles. The van der Waals surface area contributed by atoms with Crippen LogP contribution in [0, 0.1) is 11.6 Å². The Balaban J connectivity index is 1.89. The van der Waals surface area contributed by atoms with Crippen molar-refractivity contribution in [2.24, 2.45) is 0 Å². The van der Waals surface area contributed by atoms with Gasteiger partial charge in [0.1, 0.15) is 11.6 Å². The molecule has 34 heavy (non-hydrogen) atoms. The monoisotopic (exact) mass is 488 g/mol. The van der Waals surface area contributed by atoms with Gasteiger partial charge in [-0.1, -0.05) is 18.2 Å². The fraction of sp³-hybridized carbons (Fsp3) is 0.200. The van der Waals surface area contributed by atoms with Gasteiger partial charge in [-0.25, -0.2) is 26.8 Å². The molecule has 0 bridgehead atoms. The van der Waals surface area contributed by atoms with Gasteiger partial charge in [0.25, 0.3) is 0 Å². The lowest BCUT2D eigenvalue weighted by molar-refractivity contribution is 0.0479. The van der Waals surface area contributed by atoms with Crippen LogP contribution in [-0.4, -0.2) is 33.6 Å². The molecule has 6 nitrogen and oxygen atoms in total. The van der Waals surface area contributed by atoms with Crippen molar-refractivity contribution in [2.75, 3.05) is 13.2 Å². The third-order valence-corrected chi connectivity index (χ3v) is 6.59. The molecule has 3 rings (SSSR count). The van der Waals surface area contributed by atoms with E-state index in [1.807, 2.05) is 0 Å². The molecule has 9 heteroatoms. The smallest absolute Gasteiger partial charge is 0.339 e. The van der Waals surface area contributed by atoms with E-state index in [9.17, 15) is 26.8 Å². The Kier molecular flexibility index (Phi) is 7.78. The van der Waals surface area contributed by atoms with Gasteiger partial charge >= 0.3 is 11.9 Å². The van der Waals surface area contributed by atoms with Crippen LogP contribution >= 0.6 is 0 Å². The van der Waals surface area contributed by atoms with Crippen LogP contribution in [0.4, 0.5) is 8.78 Å². The molecule has 0 radical (unpaired) electrons. The topological polar surface area (TPSA) is 86.7 Å². The molecular weight excluding hydrogens is 466 g/mol. The first-order valence-corrected chi connectivity index (χ1v) is 12.1. The summed E-state index contributed by atoms with van der Waals surface area (Å²) in [6, 6.07) is 12.7. The maximum atomic E-state index is 14.0. The van der Waals surface area contributed by atoms with Crippen LogP contribution in [0.1, 0.15) is 40.1 Å². The number of carbonyl (C=O) groups is 2. The molecule has 3 aromatic carbocycles. The predicted octanol–water partition coefficient (Wildman–Crippen LogP) is 4.96. The summed E-state index contributed by atoms with van der Waals surface area (Å²) in [6.45, 7) is 3.41. The van der Waals surface area contributed by atoms with Crippen molar-refractivity contribution < 1.29 is 36.3 Å². The molecule has 0 N–H and O–H groups in total. The van der Waals surface area contributed by atoms with Gasteiger partial charge in [-0.15, -0.1) is 0 Å². The number of ether oxygens (including phenoxy) is 2. The van der Waals surface area contributed by atoms with Gasteiger partial charge in [0, 0.05) is 11.6 Å². The van der Waals surface area contributed by atoms with Gasteiger partial charge in [0.2, 0.25) is 0 Å². The summed E-state index contributed by atoms with van der Waals surface area (Å²) < 4.78 is 63.0. The fourth-order valence-electron chi connectivity index (χ4n) is 3.31. The molecule has 0 amide bonds. The van der Waals surface area contributed by atoms with Gasteiger partial charge in [-0.3, -0.25) is 0 Å². The highest BCUT2D eigenvalue weighted by atomic mass is 32.2. The first-order valence-electron chi connectivity index (χ1n) is 10.4. The third-order valence-electron chi connectivity index (χ3n) is 4.89. The number of esters is 2.